The molecule has 0 radical (unpaired) electrons. The molecule has 0 aliphatic heterocycles. The molecule has 0 aliphatic carbocycles. The number of nitrogens with zero attached hydrogens (tertiary/aromatic N) is 1. The van der Waals surface area contributed by atoms with Crippen molar-refractivity contribution in [2.45, 2.75) is 6.42 Å². The van der Waals surface area contributed by atoms with Crippen molar-refractivity contribution in [3.8, 4) is 6.07 Å². The molecule has 1 nitrogen and oxygen atoms in total. The first-order chi connectivity index (χ1) is 6.72. The standard InChI is InChI=1S/C10H5F2NS/c11-8-2-1-6(3-4-13)10-7(8)5-9(12)14-10/h1-2,5H,3H2. The van der Waals surface area contributed by atoms with Crippen LogP contribution in [0.15, 0.2) is 18.2 Å². The summed E-state index contributed by atoms with van der Waals surface area (Å²) < 4.78 is 26.6. The van der Waals surface area contributed by atoms with Crippen molar-refractivity contribution < 1.29 is 8.78 Å². The van der Waals surface area contributed by atoms with Gasteiger partial charge in [-0.05, 0) is 17.7 Å². The summed E-state index contributed by atoms with van der Waals surface area (Å²) >= 11 is 0.875. The zero-order chi connectivity index (χ0) is 10.1. The van der Waals surface area contributed by atoms with E-state index in [0.717, 1.165) is 17.4 Å². The Morgan fingerprint density at radius 3 is 2.86 bits per heavy atom. The number of hydrogen-bond donors (Lipinski definition) is 0. The monoisotopic (exact) mass is 209 g/mol. The van der Waals surface area contributed by atoms with Gasteiger partial charge in [0.15, 0.2) is 5.13 Å². The predicted octanol–water partition coefficient (Wildman–Crippen LogP) is 3.25. The SMILES string of the molecule is N#CCc1ccc(F)c2cc(F)sc12. The maximum atomic E-state index is 13.2. The first-order valence-corrected chi connectivity index (χ1v) is 4.77. The van der Waals surface area contributed by atoms with Crippen molar-refractivity contribution in [2.24, 2.45) is 0 Å². The summed E-state index contributed by atoms with van der Waals surface area (Å²) in [6, 6.07) is 5.92. The normalized spacial score (nSPS) is 10.4. The Morgan fingerprint density at radius 2 is 2.14 bits per heavy atom. The van der Waals surface area contributed by atoms with E-state index < -0.39 is 10.9 Å². The van der Waals surface area contributed by atoms with E-state index in [1.165, 1.54) is 12.1 Å². The van der Waals surface area contributed by atoms with E-state index in [1.807, 2.05) is 6.07 Å². The molecule has 4 heteroatoms. The van der Waals surface area contributed by atoms with Gasteiger partial charge in [0.25, 0.3) is 0 Å². The Balaban J connectivity index is 2.75. The fourth-order valence-corrected chi connectivity index (χ4v) is 2.25. The van der Waals surface area contributed by atoms with Gasteiger partial charge in [0, 0.05) is 10.1 Å². The third-order valence-corrected chi connectivity index (χ3v) is 2.95. The lowest BCUT2D eigenvalue weighted by molar-refractivity contribution is 0.636. The fraction of sp³-hybridized carbons (Fsp3) is 0.100. The maximum Gasteiger partial charge on any atom is 0.177 e. The van der Waals surface area contributed by atoms with Gasteiger partial charge in [-0.15, -0.1) is 11.3 Å². The van der Waals surface area contributed by atoms with Crippen LogP contribution in [0, 0.1) is 22.3 Å². The Kier molecular flexibility index (Phi) is 2.18. The van der Waals surface area contributed by atoms with E-state index in [9.17, 15) is 8.78 Å². The number of benzene rings is 1. The molecule has 70 valence electrons. The minimum Gasteiger partial charge on any atom is -0.206 e. The molecule has 0 fully saturated rings. The van der Waals surface area contributed by atoms with Crippen molar-refractivity contribution in [2.75, 3.05) is 0 Å². The van der Waals surface area contributed by atoms with Crippen LogP contribution in [0.25, 0.3) is 10.1 Å². The van der Waals surface area contributed by atoms with Crippen LogP contribution < -0.4 is 0 Å². The number of nitriles is 1. The Bertz CT molecular complexity index is 525. The van der Waals surface area contributed by atoms with E-state index in [4.69, 9.17) is 5.26 Å². The Hall–Kier alpha value is -1.47. The highest BCUT2D eigenvalue weighted by Gasteiger charge is 2.09. The lowest BCUT2D eigenvalue weighted by atomic mass is 10.1. The summed E-state index contributed by atoms with van der Waals surface area (Å²) in [5, 5.41) is 8.36. The van der Waals surface area contributed by atoms with E-state index in [1.54, 1.807) is 0 Å². The fourth-order valence-electron chi connectivity index (χ4n) is 1.34. The zero-order valence-electron chi connectivity index (χ0n) is 7.05. The molecule has 0 N–H and O–H groups in total. The van der Waals surface area contributed by atoms with Crippen LogP contribution in [0.3, 0.4) is 0 Å². The molecule has 2 rings (SSSR count). The minimum atomic E-state index is -0.443. The molecule has 0 saturated carbocycles. The van der Waals surface area contributed by atoms with Crippen LogP contribution in [0.4, 0.5) is 8.78 Å². The Labute approximate surface area is 83.2 Å². The van der Waals surface area contributed by atoms with Crippen LogP contribution in [-0.4, -0.2) is 0 Å². The molecule has 0 saturated heterocycles. The Morgan fingerprint density at radius 1 is 1.36 bits per heavy atom. The molecular weight excluding hydrogens is 204 g/mol. The summed E-state index contributed by atoms with van der Waals surface area (Å²) in [7, 11) is 0. The highest BCUT2D eigenvalue weighted by molar-refractivity contribution is 7.17. The number of fused-ring (bicyclic) bond motifs is 1. The lowest BCUT2D eigenvalue weighted by Crippen LogP contribution is -1.83. The van der Waals surface area contributed by atoms with E-state index in [2.05, 4.69) is 0 Å². The number of halogens is 2. The van der Waals surface area contributed by atoms with Gasteiger partial charge in [0.1, 0.15) is 5.82 Å². The molecule has 0 bridgehead atoms. The molecule has 0 atom stereocenters. The zero-order valence-corrected chi connectivity index (χ0v) is 7.87. The minimum absolute atomic E-state index is 0.177. The molecule has 0 spiro atoms. The van der Waals surface area contributed by atoms with Crippen LogP contribution >= 0.6 is 11.3 Å². The van der Waals surface area contributed by atoms with Gasteiger partial charge in [-0.1, -0.05) is 6.07 Å². The quantitative estimate of drug-likeness (QED) is 0.707. The van der Waals surface area contributed by atoms with E-state index in [0.29, 0.717) is 10.3 Å². The second-order valence-corrected chi connectivity index (χ2v) is 3.84. The third kappa shape index (κ3) is 1.36. The summed E-state index contributed by atoms with van der Waals surface area (Å²) in [5.41, 5.74) is 0.679. The number of thiophene rings is 1. The molecule has 1 aromatic carbocycles. The average Bonchev–Trinajstić information content (AvgIpc) is 2.53. The van der Waals surface area contributed by atoms with Gasteiger partial charge in [0.2, 0.25) is 0 Å². The highest BCUT2D eigenvalue weighted by Crippen LogP contribution is 2.30. The molecule has 1 aromatic heterocycles. The van der Waals surface area contributed by atoms with Crippen molar-refractivity contribution >= 4 is 21.4 Å². The van der Waals surface area contributed by atoms with E-state index >= 15 is 0 Å². The topological polar surface area (TPSA) is 23.8 Å². The van der Waals surface area contributed by atoms with Gasteiger partial charge >= 0.3 is 0 Å². The first kappa shape index (κ1) is 9.10. The van der Waals surface area contributed by atoms with E-state index in [-0.39, 0.29) is 11.8 Å². The molecule has 2 aromatic rings. The van der Waals surface area contributed by atoms with Crippen molar-refractivity contribution in [1.82, 2.24) is 0 Å². The number of hydrogen-bond acceptors (Lipinski definition) is 2. The molecule has 0 aliphatic rings. The molecule has 0 amide bonds. The van der Waals surface area contributed by atoms with Gasteiger partial charge in [-0.2, -0.15) is 9.65 Å². The smallest absolute Gasteiger partial charge is 0.177 e. The maximum absolute atomic E-state index is 13.2. The average molecular weight is 209 g/mol. The summed E-state index contributed by atoms with van der Waals surface area (Å²) in [5.74, 6) is -0.443. The van der Waals surface area contributed by atoms with Crippen molar-refractivity contribution in [3.05, 3.63) is 34.7 Å². The summed E-state index contributed by atoms with van der Waals surface area (Å²) in [4.78, 5) is 0. The molecule has 0 unspecified atom stereocenters. The van der Waals surface area contributed by atoms with Gasteiger partial charge in [-0.25, -0.2) is 4.39 Å². The van der Waals surface area contributed by atoms with Crippen LogP contribution in [-0.2, 0) is 6.42 Å². The molecular formula is C10H5F2NS. The second kappa shape index (κ2) is 3.35. The summed E-state index contributed by atoms with van der Waals surface area (Å²) in [6.07, 6.45) is 0.177. The van der Waals surface area contributed by atoms with Crippen LogP contribution in [0.5, 0.6) is 0 Å². The van der Waals surface area contributed by atoms with Gasteiger partial charge in [0.05, 0.1) is 12.5 Å². The largest absolute Gasteiger partial charge is 0.206 e. The van der Waals surface area contributed by atoms with Crippen LogP contribution in [0.1, 0.15) is 5.56 Å². The van der Waals surface area contributed by atoms with Crippen molar-refractivity contribution in [1.29, 1.82) is 5.26 Å². The lowest BCUT2D eigenvalue weighted by Gasteiger charge is -1.97. The van der Waals surface area contributed by atoms with Gasteiger partial charge < -0.3 is 0 Å². The highest BCUT2D eigenvalue weighted by atomic mass is 32.1. The van der Waals surface area contributed by atoms with Crippen molar-refractivity contribution in [3.63, 3.8) is 0 Å². The summed E-state index contributed by atoms with van der Waals surface area (Å²) in [6.45, 7) is 0. The molecule has 1 heterocycles. The number of rotatable bonds is 1. The second-order valence-electron chi connectivity index (χ2n) is 2.83. The first-order valence-electron chi connectivity index (χ1n) is 3.95. The third-order valence-electron chi connectivity index (χ3n) is 1.95. The van der Waals surface area contributed by atoms with Crippen LogP contribution in [0.2, 0.25) is 0 Å². The molecule has 14 heavy (non-hydrogen) atoms. The predicted molar refractivity (Wildman–Crippen MR) is 51.1 cm³/mol. The van der Waals surface area contributed by atoms with Gasteiger partial charge in [-0.3, -0.25) is 0 Å².